The van der Waals surface area contributed by atoms with E-state index in [0.717, 1.165) is 37.4 Å². The lowest BCUT2D eigenvalue weighted by molar-refractivity contribution is -0.120. The first-order valence-electron chi connectivity index (χ1n) is 9.67. The summed E-state index contributed by atoms with van der Waals surface area (Å²) in [5, 5.41) is 2.72. The quantitative estimate of drug-likeness (QED) is 0.727. The van der Waals surface area contributed by atoms with Crippen LogP contribution in [0.4, 0.5) is 10.1 Å². The summed E-state index contributed by atoms with van der Waals surface area (Å²) in [5.74, 6) is -0.509. The molecule has 1 N–H and O–H groups in total. The number of nitrogens with zero attached hydrogens (tertiary/aromatic N) is 2. The Bertz CT molecular complexity index is 866. The van der Waals surface area contributed by atoms with Crippen molar-refractivity contribution in [3.8, 4) is 11.1 Å². The third-order valence-electron chi connectivity index (χ3n) is 4.66. The zero-order valence-electron chi connectivity index (χ0n) is 16.7. The Morgan fingerprint density at radius 2 is 1.90 bits per heavy atom. The van der Waals surface area contributed by atoms with Gasteiger partial charge in [0.25, 0.3) is 0 Å². The second-order valence-corrected chi connectivity index (χ2v) is 7.03. The van der Waals surface area contributed by atoms with Gasteiger partial charge in [-0.25, -0.2) is 4.39 Å². The third kappa shape index (κ3) is 6.26. The molecule has 0 saturated carbocycles. The van der Waals surface area contributed by atoms with Crippen molar-refractivity contribution in [3.05, 3.63) is 72.3 Å². The fourth-order valence-electron chi connectivity index (χ4n) is 3.16. The van der Waals surface area contributed by atoms with Gasteiger partial charge in [0.1, 0.15) is 0 Å². The molecule has 0 bridgehead atoms. The average Bonchev–Trinajstić information content (AvgIpc) is 2.73. The topological polar surface area (TPSA) is 54.5 Å². The van der Waals surface area contributed by atoms with Crippen LogP contribution in [0.1, 0.15) is 12.6 Å². The number of rotatable bonds is 7. The molecule has 0 atom stereocenters. The summed E-state index contributed by atoms with van der Waals surface area (Å²) < 4.78 is 18.2. The summed E-state index contributed by atoms with van der Waals surface area (Å²) >= 11 is 0. The van der Waals surface area contributed by atoms with Crippen LogP contribution in [-0.4, -0.2) is 43.7 Å². The second-order valence-electron chi connectivity index (χ2n) is 7.03. The Morgan fingerprint density at radius 3 is 2.52 bits per heavy atom. The molecule has 152 valence electrons. The number of aromatic nitrogens is 1. The van der Waals surface area contributed by atoms with Gasteiger partial charge in [0.05, 0.1) is 25.5 Å². The van der Waals surface area contributed by atoms with Crippen LogP contribution in [0.15, 0.2) is 66.6 Å². The minimum absolute atomic E-state index is 0.169. The van der Waals surface area contributed by atoms with E-state index in [-0.39, 0.29) is 24.7 Å². The molecule has 1 amide bonds. The molecule has 0 spiro atoms. The third-order valence-corrected chi connectivity index (χ3v) is 4.66. The number of hydrogen-bond acceptors (Lipinski definition) is 4. The van der Waals surface area contributed by atoms with Crippen molar-refractivity contribution in [2.75, 3.05) is 37.7 Å². The van der Waals surface area contributed by atoms with Gasteiger partial charge in [-0.2, -0.15) is 0 Å². The molecule has 5 nitrogen and oxygen atoms in total. The predicted molar refractivity (Wildman–Crippen MR) is 113 cm³/mol. The number of amides is 1. The van der Waals surface area contributed by atoms with E-state index in [0.29, 0.717) is 11.3 Å². The van der Waals surface area contributed by atoms with Crippen LogP contribution in [0.5, 0.6) is 0 Å². The highest BCUT2D eigenvalue weighted by molar-refractivity contribution is 5.78. The molecule has 6 heteroatoms. The fourth-order valence-corrected chi connectivity index (χ4v) is 3.16. The molecule has 1 aliphatic rings. The Kier molecular flexibility index (Phi) is 7.14. The summed E-state index contributed by atoms with van der Waals surface area (Å²) in [5.41, 5.74) is 4.47. The van der Waals surface area contributed by atoms with Gasteiger partial charge in [-0.1, -0.05) is 24.8 Å². The summed E-state index contributed by atoms with van der Waals surface area (Å²) in [6.07, 6.45) is 3.25. The predicted octanol–water partition coefficient (Wildman–Crippen LogP) is 3.67. The molecule has 29 heavy (non-hydrogen) atoms. The Labute approximate surface area is 170 Å². The van der Waals surface area contributed by atoms with E-state index in [4.69, 9.17) is 4.74 Å². The minimum atomic E-state index is -0.334. The zero-order chi connectivity index (χ0) is 20.6. The molecule has 1 aromatic carbocycles. The van der Waals surface area contributed by atoms with Gasteiger partial charge in [0, 0.05) is 42.8 Å². The van der Waals surface area contributed by atoms with Crippen LogP contribution >= 0.6 is 0 Å². The molecule has 1 aromatic heterocycles. The van der Waals surface area contributed by atoms with E-state index in [1.807, 2.05) is 12.1 Å². The molecular weight excluding hydrogens is 369 g/mol. The van der Waals surface area contributed by atoms with E-state index in [9.17, 15) is 9.18 Å². The smallest absolute Gasteiger partial charge is 0.226 e. The number of ether oxygens (including phenoxy) is 1. The maximum Gasteiger partial charge on any atom is 0.226 e. The number of carbonyl (C=O) groups excluding carboxylic acids is 1. The van der Waals surface area contributed by atoms with Crippen LogP contribution in [-0.2, 0) is 16.0 Å². The number of nitrogens with one attached hydrogen (secondary N) is 1. The van der Waals surface area contributed by atoms with Crippen molar-refractivity contribution in [2.24, 2.45) is 0 Å². The lowest BCUT2D eigenvalue weighted by Crippen LogP contribution is -2.36. The average molecular weight is 395 g/mol. The van der Waals surface area contributed by atoms with Crippen molar-refractivity contribution < 1.29 is 13.9 Å². The van der Waals surface area contributed by atoms with Crippen LogP contribution < -0.4 is 10.2 Å². The lowest BCUT2D eigenvalue weighted by atomic mass is 10.1. The highest BCUT2D eigenvalue weighted by atomic mass is 19.1. The van der Waals surface area contributed by atoms with E-state index < -0.39 is 0 Å². The number of carbonyl (C=O) groups is 1. The molecule has 1 saturated heterocycles. The standard InChI is InChI=1S/C23H26FN3O2/c1-17(13-18(2)24)15-26-23(28)14-21-6-3-20(16-25-21)19-4-7-22(8-5-19)27-9-11-29-12-10-27/h3-8,13,16H,1,9-12,14-15H2,2H3,(H,26,28)/b18-13+. The summed E-state index contributed by atoms with van der Waals surface area (Å²) in [6, 6.07) is 12.2. The zero-order valence-corrected chi connectivity index (χ0v) is 16.7. The maximum absolute atomic E-state index is 12.8. The summed E-state index contributed by atoms with van der Waals surface area (Å²) in [7, 11) is 0. The highest BCUT2D eigenvalue weighted by Crippen LogP contribution is 2.23. The van der Waals surface area contributed by atoms with Crippen LogP contribution in [0.25, 0.3) is 11.1 Å². The van der Waals surface area contributed by atoms with Crippen molar-refractivity contribution in [3.63, 3.8) is 0 Å². The SMILES string of the molecule is C=C(/C=C(\C)F)CNC(=O)Cc1ccc(-c2ccc(N3CCOCC3)cc2)cn1. The second kappa shape index (κ2) is 9.98. The summed E-state index contributed by atoms with van der Waals surface area (Å²) in [4.78, 5) is 18.7. The van der Waals surface area contributed by atoms with Crippen LogP contribution in [0, 0.1) is 0 Å². The monoisotopic (exact) mass is 395 g/mol. The van der Waals surface area contributed by atoms with E-state index in [1.54, 1.807) is 6.20 Å². The number of morpholine rings is 1. The van der Waals surface area contributed by atoms with Gasteiger partial charge < -0.3 is 15.0 Å². The first-order valence-corrected chi connectivity index (χ1v) is 9.67. The molecule has 2 aromatic rings. The van der Waals surface area contributed by atoms with Gasteiger partial charge in [-0.05, 0) is 42.3 Å². The van der Waals surface area contributed by atoms with Crippen LogP contribution in [0.3, 0.4) is 0 Å². The Morgan fingerprint density at radius 1 is 1.21 bits per heavy atom. The van der Waals surface area contributed by atoms with Gasteiger partial charge in [0.15, 0.2) is 0 Å². The van der Waals surface area contributed by atoms with Gasteiger partial charge in [0.2, 0.25) is 5.91 Å². The molecule has 3 rings (SSSR count). The molecule has 0 unspecified atom stereocenters. The number of hydrogen-bond donors (Lipinski definition) is 1. The van der Waals surface area contributed by atoms with Crippen molar-refractivity contribution in [2.45, 2.75) is 13.3 Å². The van der Waals surface area contributed by atoms with Crippen molar-refractivity contribution in [1.82, 2.24) is 10.3 Å². The van der Waals surface area contributed by atoms with Gasteiger partial charge in [-0.3, -0.25) is 9.78 Å². The van der Waals surface area contributed by atoms with Crippen molar-refractivity contribution in [1.29, 1.82) is 0 Å². The van der Waals surface area contributed by atoms with Crippen LogP contribution in [0.2, 0.25) is 0 Å². The minimum Gasteiger partial charge on any atom is -0.378 e. The summed E-state index contributed by atoms with van der Waals surface area (Å²) in [6.45, 7) is 8.61. The molecule has 1 fully saturated rings. The maximum atomic E-state index is 12.8. The van der Waals surface area contributed by atoms with E-state index in [1.165, 1.54) is 18.7 Å². The first-order chi connectivity index (χ1) is 14.0. The van der Waals surface area contributed by atoms with E-state index in [2.05, 4.69) is 46.0 Å². The number of pyridine rings is 1. The van der Waals surface area contributed by atoms with Gasteiger partial charge in [-0.15, -0.1) is 0 Å². The normalized spacial score (nSPS) is 14.6. The molecule has 0 aliphatic carbocycles. The largest absolute Gasteiger partial charge is 0.378 e. The number of anilines is 1. The number of allylic oxidation sites excluding steroid dienone is 1. The van der Waals surface area contributed by atoms with Crippen molar-refractivity contribution >= 4 is 11.6 Å². The molecular formula is C23H26FN3O2. The number of halogens is 1. The number of benzene rings is 1. The Hall–Kier alpha value is -2.99. The molecule has 0 radical (unpaired) electrons. The molecule has 1 aliphatic heterocycles. The van der Waals surface area contributed by atoms with E-state index >= 15 is 0 Å². The first kappa shape index (κ1) is 20.7. The lowest BCUT2D eigenvalue weighted by Gasteiger charge is -2.28. The molecule has 2 heterocycles. The fraction of sp³-hybridized carbons (Fsp3) is 0.304. The van der Waals surface area contributed by atoms with Gasteiger partial charge >= 0.3 is 0 Å². The Balaban J connectivity index is 1.55. The highest BCUT2D eigenvalue weighted by Gasteiger charge is 2.11.